The van der Waals surface area contributed by atoms with E-state index < -0.39 is 5.97 Å². The lowest BCUT2D eigenvalue weighted by molar-refractivity contribution is -0.139. The van der Waals surface area contributed by atoms with Gasteiger partial charge in [0.05, 0.1) is 6.10 Å². The monoisotopic (exact) mass is 215 g/mol. The third-order valence-corrected chi connectivity index (χ3v) is 1.89. The van der Waals surface area contributed by atoms with Crippen molar-refractivity contribution in [3.8, 4) is 0 Å². The molecule has 4 heteroatoms. The van der Waals surface area contributed by atoms with Crippen LogP contribution < -0.4 is 0 Å². The summed E-state index contributed by atoms with van der Waals surface area (Å²) in [4.78, 5) is 11.3. The number of carbonyl (C=O) groups excluding carboxylic acids is 1. The van der Waals surface area contributed by atoms with Crippen LogP contribution in [-0.4, -0.2) is 23.0 Å². The van der Waals surface area contributed by atoms with Crippen molar-refractivity contribution in [2.45, 2.75) is 53.1 Å². The number of oxime groups is 1. The van der Waals surface area contributed by atoms with E-state index in [1.807, 2.05) is 0 Å². The molecule has 0 aromatic carbocycles. The Balaban J connectivity index is 3.98. The van der Waals surface area contributed by atoms with Gasteiger partial charge in [0.15, 0.2) is 5.71 Å². The van der Waals surface area contributed by atoms with Gasteiger partial charge in [0.25, 0.3) is 0 Å². The molecule has 0 radical (unpaired) electrons. The largest absolute Gasteiger partial charge is 0.458 e. The van der Waals surface area contributed by atoms with Crippen LogP contribution in [0.2, 0.25) is 0 Å². The van der Waals surface area contributed by atoms with Crippen LogP contribution in [0, 0.1) is 5.92 Å². The predicted molar refractivity (Wildman–Crippen MR) is 59.1 cm³/mol. The van der Waals surface area contributed by atoms with Gasteiger partial charge in [-0.15, -0.1) is 0 Å². The molecule has 0 saturated carbocycles. The molecule has 0 aliphatic rings. The van der Waals surface area contributed by atoms with E-state index in [4.69, 9.17) is 9.94 Å². The number of hydrogen-bond acceptors (Lipinski definition) is 4. The zero-order chi connectivity index (χ0) is 11.8. The molecule has 0 aromatic heterocycles. The first-order valence-corrected chi connectivity index (χ1v) is 5.39. The predicted octanol–water partition coefficient (Wildman–Crippen LogP) is 2.59. The highest BCUT2D eigenvalue weighted by atomic mass is 16.5. The summed E-state index contributed by atoms with van der Waals surface area (Å²) in [6, 6.07) is 0. The Bertz CT molecular complexity index is 222. The molecule has 4 nitrogen and oxygen atoms in total. The van der Waals surface area contributed by atoms with E-state index in [9.17, 15) is 4.79 Å². The maximum atomic E-state index is 11.3. The van der Waals surface area contributed by atoms with Gasteiger partial charge in [-0.1, -0.05) is 25.4 Å². The Morgan fingerprint density at radius 3 is 2.33 bits per heavy atom. The molecule has 0 aliphatic heterocycles. The highest BCUT2D eigenvalue weighted by molar-refractivity contribution is 6.36. The Hall–Kier alpha value is -1.06. The lowest BCUT2D eigenvalue weighted by atomic mass is 10.0. The second kappa shape index (κ2) is 7.26. The molecule has 0 aliphatic carbocycles. The molecule has 0 unspecified atom stereocenters. The van der Waals surface area contributed by atoms with Crippen LogP contribution in [0.4, 0.5) is 0 Å². The number of esters is 1. The van der Waals surface area contributed by atoms with Crippen LogP contribution in [0.15, 0.2) is 5.16 Å². The Morgan fingerprint density at radius 1 is 1.33 bits per heavy atom. The molecular formula is C11H21NO3. The first-order valence-electron chi connectivity index (χ1n) is 5.39. The molecule has 0 fully saturated rings. The van der Waals surface area contributed by atoms with E-state index in [-0.39, 0.29) is 11.8 Å². The van der Waals surface area contributed by atoms with E-state index in [1.165, 1.54) is 0 Å². The molecule has 0 aromatic rings. The molecule has 1 N–H and O–H groups in total. The second-order valence-electron chi connectivity index (χ2n) is 4.29. The average molecular weight is 215 g/mol. The summed E-state index contributed by atoms with van der Waals surface area (Å²) in [7, 11) is 0. The fraction of sp³-hybridized carbons (Fsp3) is 0.818. The van der Waals surface area contributed by atoms with Crippen molar-refractivity contribution in [3.63, 3.8) is 0 Å². The molecule has 88 valence electrons. The van der Waals surface area contributed by atoms with Gasteiger partial charge >= 0.3 is 5.97 Å². The molecule has 0 heterocycles. The van der Waals surface area contributed by atoms with Crippen LogP contribution >= 0.6 is 0 Å². The molecule has 0 spiro atoms. The first-order chi connectivity index (χ1) is 6.97. The van der Waals surface area contributed by atoms with E-state index in [1.54, 1.807) is 13.8 Å². The van der Waals surface area contributed by atoms with E-state index in [2.05, 4.69) is 19.0 Å². The minimum absolute atomic E-state index is 0.115. The standard InChI is InChI=1S/C11H21NO3/c1-8(2)6-5-7-10(12-14)11(13)15-9(3)4/h8-9,14H,5-7H2,1-4H3. The van der Waals surface area contributed by atoms with E-state index in [0.29, 0.717) is 12.3 Å². The number of nitrogens with zero attached hydrogens (tertiary/aromatic N) is 1. The Labute approximate surface area is 91.3 Å². The van der Waals surface area contributed by atoms with Crippen molar-refractivity contribution in [1.29, 1.82) is 0 Å². The zero-order valence-corrected chi connectivity index (χ0v) is 9.99. The van der Waals surface area contributed by atoms with Gasteiger partial charge in [-0.05, 0) is 26.2 Å². The molecule has 0 rings (SSSR count). The molecule has 0 saturated heterocycles. The summed E-state index contributed by atoms with van der Waals surface area (Å²) in [5.41, 5.74) is 0.115. The van der Waals surface area contributed by atoms with Crippen LogP contribution in [-0.2, 0) is 9.53 Å². The van der Waals surface area contributed by atoms with Crippen molar-refractivity contribution >= 4 is 11.7 Å². The topological polar surface area (TPSA) is 58.9 Å². The fourth-order valence-corrected chi connectivity index (χ4v) is 1.15. The van der Waals surface area contributed by atoms with Gasteiger partial charge in [0.1, 0.15) is 0 Å². The number of hydrogen-bond donors (Lipinski definition) is 1. The summed E-state index contributed by atoms with van der Waals surface area (Å²) in [6.07, 6.45) is 2.14. The van der Waals surface area contributed by atoms with E-state index in [0.717, 1.165) is 12.8 Å². The maximum absolute atomic E-state index is 11.3. The molecule has 0 amide bonds. The van der Waals surface area contributed by atoms with Crippen molar-refractivity contribution in [2.24, 2.45) is 11.1 Å². The first kappa shape index (κ1) is 13.9. The van der Waals surface area contributed by atoms with Crippen molar-refractivity contribution in [2.75, 3.05) is 0 Å². The van der Waals surface area contributed by atoms with Gasteiger partial charge in [0, 0.05) is 6.42 Å². The lowest BCUT2D eigenvalue weighted by Crippen LogP contribution is -2.21. The SMILES string of the molecule is CC(C)CCCC(=NO)C(=O)OC(C)C. The summed E-state index contributed by atoms with van der Waals surface area (Å²) in [5.74, 6) is 0.0716. The third-order valence-electron chi connectivity index (χ3n) is 1.89. The molecular weight excluding hydrogens is 194 g/mol. The van der Waals surface area contributed by atoms with Crippen molar-refractivity contribution in [1.82, 2.24) is 0 Å². The van der Waals surface area contributed by atoms with Gasteiger partial charge in [-0.25, -0.2) is 4.79 Å². The third kappa shape index (κ3) is 6.94. The van der Waals surface area contributed by atoms with Gasteiger partial charge < -0.3 is 9.94 Å². The molecule has 0 bridgehead atoms. The summed E-state index contributed by atoms with van der Waals surface area (Å²) in [6.45, 7) is 7.76. The summed E-state index contributed by atoms with van der Waals surface area (Å²) < 4.78 is 4.93. The summed E-state index contributed by atoms with van der Waals surface area (Å²) >= 11 is 0. The maximum Gasteiger partial charge on any atom is 0.356 e. The average Bonchev–Trinajstić information content (AvgIpc) is 2.10. The van der Waals surface area contributed by atoms with Gasteiger partial charge in [-0.2, -0.15) is 0 Å². The minimum Gasteiger partial charge on any atom is -0.458 e. The van der Waals surface area contributed by atoms with Crippen LogP contribution in [0.1, 0.15) is 47.0 Å². The Morgan fingerprint density at radius 2 is 1.93 bits per heavy atom. The van der Waals surface area contributed by atoms with Gasteiger partial charge in [-0.3, -0.25) is 0 Å². The van der Waals surface area contributed by atoms with Crippen LogP contribution in [0.5, 0.6) is 0 Å². The molecule has 15 heavy (non-hydrogen) atoms. The van der Waals surface area contributed by atoms with Crippen LogP contribution in [0.25, 0.3) is 0 Å². The number of carbonyl (C=O) groups is 1. The summed E-state index contributed by atoms with van der Waals surface area (Å²) in [5, 5.41) is 11.6. The quantitative estimate of drug-likeness (QED) is 0.320. The zero-order valence-electron chi connectivity index (χ0n) is 9.99. The fourth-order valence-electron chi connectivity index (χ4n) is 1.15. The van der Waals surface area contributed by atoms with E-state index >= 15 is 0 Å². The smallest absolute Gasteiger partial charge is 0.356 e. The molecule has 0 atom stereocenters. The minimum atomic E-state index is -0.517. The second-order valence-corrected chi connectivity index (χ2v) is 4.29. The van der Waals surface area contributed by atoms with Crippen molar-refractivity contribution in [3.05, 3.63) is 0 Å². The Kier molecular flexibility index (Phi) is 6.75. The normalized spacial score (nSPS) is 12.3. The van der Waals surface area contributed by atoms with Gasteiger partial charge in [0.2, 0.25) is 0 Å². The highest BCUT2D eigenvalue weighted by Crippen LogP contribution is 2.08. The number of rotatable bonds is 6. The highest BCUT2D eigenvalue weighted by Gasteiger charge is 2.15. The van der Waals surface area contributed by atoms with Crippen molar-refractivity contribution < 1.29 is 14.7 Å². The lowest BCUT2D eigenvalue weighted by Gasteiger charge is -2.09. The number of ether oxygens (including phenoxy) is 1. The van der Waals surface area contributed by atoms with Crippen LogP contribution in [0.3, 0.4) is 0 Å².